The summed E-state index contributed by atoms with van der Waals surface area (Å²) in [4.78, 5) is 63.5. The van der Waals surface area contributed by atoms with Crippen LogP contribution in [0.15, 0.2) is 66.2 Å². The van der Waals surface area contributed by atoms with Crippen LogP contribution >= 0.6 is 23.6 Å². The molecule has 0 aliphatic carbocycles. The fourth-order valence-electron chi connectivity index (χ4n) is 8.05. The standard InChI is InChI=1S/C50H61N7O9S2/c1-9-42(59)54-44(49(4,5)6)46(61)55-29-38(58)26-40(55)45(60)52-28-35-11-10-33(43-32(3)53-30-68-43)25-41(35)66-23-21-64-19-18-63-20-22-65-39-16-14-36(15-17-39)57-48(67)56(47(62)50(57,7)8)37-13-12-34(27-51)31(2)24-37/h10-17,24-25,30,38,40,44,58H,9,18-23,26,28-29H2,1-8H3,(H,52,60)(H,54,59)/t38-,40+,44-/m1/s1. The van der Waals surface area contributed by atoms with Crippen LogP contribution in [0.3, 0.4) is 0 Å². The number of amides is 4. The highest BCUT2D eigenvalue weighted by atomic mass is 32.1. The maximum Gasteiger partial charge on any atom is 0.259 e. The molecule has 4 aromatic rings. The minimum atomic E-state index is -0.943. The molecule has 2 aliphatic heterocycles. The Balaban J connectivity index is 0.956. The van der Waals surface area contributed by atoms with Crippen LogP contribution in [-0.2, 0) is 35.2 Å². The molecule has 0 spiro atoms. The fourth-order valence-corrected chi connectivity index (χ4v) is 9.37. The van der Waals surface area contributed by atoms with Gasteiger partial charge >= 0.3 is 0 Å². The molecule has 18 heteroatoms. The first-order valence-electron chi connectivity index (χ1n) is 22.6. The molecule has 3 N–H and O–H groups in total. The smallest absolute Gasteiger partial charge is 0.259 e. The van der Waals surface area contributed by atoms with E-state index in [-0.39, 0.29) is 51.0 Å². The van der Waals surface area contributed by atoms with Crippen LogP contribution in [0, 0.1) is 30.6 Å². The number of nitrogens with zero attached hydrogens (tertiary/aromatic N) is 5. The number of aliphatic hydroxyl groups excluding tert-OH is 1. The molecule has 0 unspecified atom stereocenters. The van der Waals surface area contributed by atoms with Crippen molar-refractivity contribution >= 4 is 63.7 Å². The molecule has 3 aromatic carbocycles. The van der Waals surface area contributed by atoms with Crippen molar-refractivity contribution in [3.05, 3.63) is 88.6 Å². The van der Waals surface area contributed by atoms with E-state index in [1.165, 1.54) is 21.1 Å². The van der Waals surface area contributed by atoms with E-state index in [1.54, 1.807) is 30.6 Å². The van der Waals surface area contributed by atoms with Crippen molar-refractivity contribution < 1.29 is 43.2 Å². The van der Waals surface area contributed by atoms with Crippen LogP contribution in [0.4, 0.5) is 11.4 Å². The number of aliphatic hydroxyl groups is 1. The first kappa shape index (κ1) is 51.4. The van der Waals surface area contributed by atoms with Gasteiger partial charge < -0.3 is 44.5 Å². The average molecular weight is 968 g/mol. The number of nitrogens with one attached hydrogen (secondary N) is 2. The zero-order valence-electron chi connectivity index (χ0n) is 39.9. The summed E-state index contributed by atoms with van der Waals surface area (Å²) in [5, 5.41) is 26.0. The molecule has 0 bridgehead atoms. The van der Waals surface area contributed by atoms with Gasteiger partial charge in [-0.15, -0.1) is 11.3 Å². The Bertz CT molecular complexity index is 2520. The first-order chi connectivity index (χ1) is 32.3. The quantitative estimate of drug-likeness (QED) is 0.0668. The molecule has 68 heavy (non-hydrogen) atoms. The van der Waals surface area contributed by atoms with E-state index in [2.05, 4.69) is 21.7 Å². The molecule has 2 fully saturated rings. The topological polar surface area (TPSA) is 196 Å². The van der Waals surface area contributed by atoms with Gasteiger partial charge in [-0.2, -0.15) is 5.26 Å². The number of hydrogen-bond donors (Lipinski definition) is 3. The molecular weight excluding hydrogens is 907 g/mol. The van der Waals surface area contributed by atoms with Crippen LogP contribution in [0.5, 0.6) is 11.5 Å². The number of thiocarbonyl (C=S) groups is 1. The Morgan fingerprint density at radius 1 is 0.971 bits per heavy atom. The minimum absolute atomic E-state index is 0.0143. The number of carbonyl (C=O) groups excluding carboxylic acids is 4. The fraction of sp³-hybridized carbons (Fsp3) is 0.460. The summed E-state index contributed by atoms with van der Waals surface area (Å²) in [5.74, 6) is -0.0885. The number of likely N-dealkylation sites (tertiary alicyclic amines) is 1. The molecule has 4 amide bonds. The van der Waals surface area contributed by atoms with Crippen molar-refractivity contribution in [2.24, 2.45) is 5.41 Å². The zero-order valence-corrected chi connectivity index (χ0v) is 41.6. The van der Waals surface area contributed by atoms with Crippen molar-refractivity contribution in [2.45, 2.75) is 98.5 Å². The highest BCUT2D eigenvalue weighted by Crippen LogP contribution is 2.38. The maximum atomic E-state index is 13.8. The van der Waals surface area contributed by atoms with Crippen molar-refractivity contribution in [1.29, 1.82) is 5.26 Å². The second-order valence-corrected chi connectivity index (χ2v) is 19.5. The van der Waals surface area contributed by atoms with Gasteiger partial charge in [-0.25, -0.2) is 4.98 Å². The Hall–Kier alpha value is -5.97. The summed E-state index contributed by atoms with van der Waals surface area (Å²) in [6, 6.07) is 18.7. The molecule has 0 saturated carbocycles. The summed E-state index contributed by atoms with van der Waals surface area (Å²) in [7, 11) is 0. The molecule has 362 valence electrons. The average Bonchev–Trinajstić information content (AvgIpc) is 3.97. The van der Waals surface area contributed by atoms with E-state index < -0.39 is 41.0 Å². The van der Waals surface area contributed by atoms with Gasteiger partial charge in [0.2, 0.25) is 17.7 Å². The second kappa shape index (κ2) is 22.4. The van der Waals surface area contributed by atoms with Gasteiger partial charge in [-0.1, -0.05) is 39.8 Å². The summed E-state index contributed by atoms with van der Waals surface area (Å²) < 4.78 is 23.7. The molecule has 0 radical (unpaired) electrons. The summed E-state index contributed by atoms with van der Waals surface area (Å²) >= 11 is 7.33. The van der Waals surface area contributed by atoms with Crippen LogP contribution in [0.1, 0.15) is 76.8 Å². The van der Waals surface area contributed by atoms with E-state index in [4.69, 9.17) is 31.2 Å². The summed E-state index contributed by atoms with van der Waals surface area (Å²) in [6.07, 6.45) is -0.599. The first-order valence-corrected chi connectivity index (χ1v) is 23.9. The molecule has 6 rings (SSSR count). The number of nitriles is 1. The molecule has 3 heterocycles. The number of benzene rings is 3. The SMILES string of the molecule is CCC(=O)N[C@H](C(=O)N1C[C@H](O)C[C@H]1C(=O)NCc1ccc(-c2scnc2C)cc1OCCOCCOCCOc1ccc(N2C(=S)N(c3ccc(C#N)c(C)c3)C(=O)C2(C)C)cc1)C(C)(C)C. The highest BCUT2D eigenvalue weighted by molar-refractivity contribution is 7.81. The lowest BCUT2D eigenvalue weighted by molar-refractivity contribution is -0.144. The van der Waals surface area contributed by atoms with E-state index in [0.717, 1.165) is 27.4 Å². The van der Waals surface area contributed by atoms with Crippen molar-refractivity contribution in [3.63, 3.8) is 0 Å². The largest absolute Gasteiger partial charge is 0.491 e. The second-order valence-electron chi connectivity index (χ2n) is 18.3. The number of rotatable bonds is 20. The Morgan fingerprint density at radius 3 is 2.25 bits per heavy atom. The number of β-amino-alcohol motifs (C(OH)–C–C–N with tert-alkyl or cyclic N) is 1. The molecule has 3 atom stereocenters. The van der Waals surface area contributed by atoms with Crippen LogP contribution in [0.25, 0.3) is 10.4 Å². The van der Waals surface area contributed by atoms with E-state index in [0.29, 0.717) is 59.9 Å². The maximum absolute atomic E-state index is 13.8. The third kappa shape index (κ3) is 12.0. The Kier molecular flexibility index (Phi) is 17.0. The number of aromatic nitrogens is 1. The molecule has 16 nitrogen and oxygen atoms in total. The van der Waals surface area contributed by atoms with Crippen LogP contribution in [0.2, 0.25) is 0 Å². The number of thiazole rings is 1. The van der Waals surface area contributed by atoms with E-state index in [9.17, 15) is 29.5 Å². The van der Waals surface area contributed by atoms with Crippen LogP contribution in [-0.4, -0.2) is 114 Å². The Labute approximate surface area is 407 Å². The third-order valence-electron chi connectivity index (χ3n) is 11.8. The number of aryl methyl sites for hydroxylation is 2. The summed E-state index contributed by atoms with van der Waals surface area (Å²) in [6.45, 7) is 16.5. The molecule has 2 aliphatic rings. The molecule has 2 saturated heterocycles. The molecular formula is C50H61N7O9S2. The number of carbonyl (C=O) groups is 4. The van der Waals surface area contributed by atoms with Crippen molar-refractivity contribution in [2.75, 3.05) is 56.0 Å². The van der Waals surface area contributed by atoms with Gasteiger partial charge in [-0.3, -0.25) is 24.1 Å². The van der Waals surface area contributed by atoms with Crippen molar-refractivity contribution in [3.8, 4) is 28.0 Å². The third-order valence-corrected chi connectivity index (χ3v) is 13.2. The zero-order chi connectivity index (χ0) is 49.3. The lowest BCUT2D eigenvalue weighted by atomic mass is 9.85. The van der Waals surface area contributed by atoms with Gasteiger partial charge in [0.1, 0.15) is 42.3 Å². The lowest BCUT2D eigenvalue weighted by Crippen LogP contribution is -2.57. The molecule has 1 aromatic heterocycles. The summed E-state index contributed by atoms with van der Waals surface area (Å²) in [5.41, 5.74) is 5.38. The predicted octanol–water partition coefficient (Wildman–Crippen LogP) is 6.23. The normalized spacial score (nSPS) is 17.3. The Morgan fingerprint density at radius 2 is 1.63 bits per heavy atom. The predicted molar refractivity (Wildman–Crippen MR) is 264 cm³/mol. The lowest BCUT2D eigenvalue weighted by Gasteiger charge is -2.35. The monoisotopic (exact) mass is 967 g/mol. The highest BCUT2D eigenvalue weighted by Gasteiger charge is 2.50. The number of anilines is 2. The van der Waals surface area contributed by atoms with Gasteiger partial charge in [-0.05, 0) is 105 Å². The van der Waals surface area contributed by atoms with Gasteiger partial charge in [0, 0.05) is 37.2 Å². The van der Waals surface area contributed by atoms with E-state index >= 15 is 0 Å². The number of ether oxygens (including phenoxy) is 4. The van der Waals surface area contributed by atoms with Gasteiger partial charge in [0.05, 0.1) is 65.9 Å². The van der Waals surface area contributed by atoms with Crippen molar-refractivity contribution in [1.82, 2.24) is 20.5 Å². The van der Waals surface area contributed by atoms with Gasteiger partial charge in [0.25, 0.3) is 5.91 Å². The van der Waals surface area contributed by atoms with Crippen LogP contribution < -0.4 is 29.9 Å². The number of hydrogen-bond acceptors (Lipinski definition) is 13. The van der Waals surface area contributed by atoms with Gasteiger partial charge in [0.15, 0.2) is 5.11 Å². The minimum Gasteiger partial charge on any atom is -0.491 e. The van der Waals surface area contributed by atoms with E-state index in [1.807, 2.05) is 95.8 Å².